The highest BCUT2D eigenvalue weighted by atomic mass is 79.9. The normalized spacial score (nSPS) is 20.8. The first kappa shape index (κ1) is 15.8. The molecule has 1 aliphatic heterocycles. The van der Waals surface area contributed by atoms with Crippen molar-refractivity contribution in [3.63, 3.8) is 0 Å². The van der Waals surface area contributed by atoms with Crippen molar-refractivity contribution in [3.8, 4) is 0 Å². The van der Waals surface area contributed by atoms with E-state index < -0.39 is 10.0 Å². The third-order valence-corrected chi connectivity index (χ3v) is 6.74. The SMILES string of the molecule is Cc1cc(Br)c(N)cc1S(=O)(=O)N1CCC(C(C)C)C1. The van der Waals surface area contributed by atoms with E-state index in [2.05, 4.69) is 29.8 Å². The van der Waals surface area contributed by atoms with Gasteiger partial charge in [-0.15, -0.1) is 0 Å². The first-order chi connectivity index (χ1) is 9.23. The largest absolute Gasteiger partial charge is 0.398 e. The maximum Gasteiger partial charge on any atom is 0.243 e. The Morgan fingerprint density at radius 3 is 2.60 bits per heavy atom. The molecule has 4 nitrogen and oxygen atoms in total. The Balaban J connectivity index is 2.35. The molecule has 1 unspecified atom stereocenters. The van der Waals surface area contributed by atoms with Gasteiger partial charge in [0.05, 0.1) is 4.90 Å². The predicted molar refractivity (Wildman–Crippen MR) is 85.0 cm³/mol. The van der Waals surface area contributed by atoms with Crippen LogP contribution in [0.3, 0.4) is 0 Å². The lowest BCUT2D eigenvalue weighted by Gasteiger charge is -2.19. The Morgan fingerprint density at radius 1 is 1.40 bits per heavy atom. The third kappa shape index (κ3) is 2.87. The molecule has 1 saturated heterocycles. The van der Waals surface area contributed by atoms with E-state index in [1.54, 1.807) is 23.4 Å². The molecule has 6 heteroatoms. The van der Waals surface area contributed by atoms with Gasteiger partial charge in [0.25, 0.3) is 0 Å². The van der Waals surface area contributed by atoms with E-state index in [4.69, 9.17) is 5.73 Å². The average molecular weight is 361 g/mol. The molecule has 0 aliphatic carbocycles. The maximum absolute atomic E-state index is 12.7. The number of sulfonamides is 1. The molecule has 0 saturated carbocycles. The first-order valence-corrected chi connectivity index (χ1v) is 9.02. The van der Waals surface area contributed by atoms with Gasteiger partial charge in [0, 0.05) is 23.2 Å². The molecule has 0 bridgehead atoms. The quantitative estimate of drug-likeness (QED) is 0.842. The van der Waals surface area contributed by atoms with E-state index >= 15 is 0 Å². The molecule has 0 aromatic heterocycles. The van der Waals surface area contributed by atoms with Crippen molar-refractivity contribution in [1.82, 2.24) is 4.31 Å². The standard InChI is InChI=1S/C14H21BrN2O2S/c1-9(2)11-4-5-17(8-11)20(18,19)14-7-13(16)12(15)6-10(14)3/h6-7,9,11H,4-5,8,16H2,1-3H3. The second-order valence-corrected chi connectivity index (χ2v) is 8.56. The fraction of sp³-hybridized carbons (Fsp3) is 0.571. The Bertz CT molecular complexity index is 614. The molecule has 1 aliphatic rings. The minimum Gasteiger partial charge on any atom is -0.398 e. The summed E-state index contributed by atoms with van der Waals surface area (Å²) in [7, 11) is -3.44. The van der Waals surface area contributed by atoms with Crippen LogP contribution in [-0.2, 0) is 10.0 Å². The van der Waals surface area contributed by atoms with Gasteiger partial charge in [0.1, 0.15) is 0 Å². The molecule has 0 spiro atoms. The van der Waals surface area contributed by atoms with Crippen LogP contribution >= 0.6 is 15.9 Å². The minimum absolute atomic E-state index is 0.322. The molecule has 2 rings (SSSR count). The molecule has 112 valence electrons. The van der Waals surface area contributed by atoms with Gasteiger partial charge < -0.3 is 5.73 Å². The molecule has 1 fully saturated rings. The Kier molecular flexibility index (Phi) is 4.47. The molecule has 20 heavy (non-hydrogen) atoms. The lowest BCUT2D eigenvalue weighted by molar-refractivity contribution is 0.388. The van der Waals surface area contributed by atoms with Gasteiger partial charge in [-0.1, -0.05) is 13.8 Å². The van der Waals surface area contributed by atoms with Crippen molar-refractivity contribution in [2.45, 2.75) is 32.1 Å². The van der Waals surface area contributed by atoms with Gasteiger partial charge in [-0.2, -0.15) is 4.31 Å². The number of hydrogen-bond acceptors (Lipinski definition) is 3. The van der Waals surface area contributed by atoms with Crippen molar-refractivity contribution >= 4 is 31.6 Å². The zero-order valence-electron chi connectivity index (χ0n) is 12.1. The summed E-state index contributed by atoms with van der Waals surface area (Å²) in [4.78, 5) is 0.322. The highest BCUT2D eigenvalue weighted by molar-refractivity contribution is 9.10. The summed E-state index contributed by atoms with van der Waals surface area (Å²) < 4.78 is 27.8. The van der Waals surface area contributed by atoms with Gasteiger partial charge in [0.2, 0.25) is 10.0 Å². The fourth-order valence-corrected chi connectivity index (χ4v) is 4.81. The van der Waals surface area contributed by atoms with Crippen LogP contribution in [0.15, 0.2) is 21.5 Å². The topological polar surface area (TPSA) is 63.4 Å². The summed E-state index contributed by atoms with van der Waals surface area (Å²) in [6.07, 6.45) is 0.932. The third-order valence-electron chi connectivity index (χ3n) is 4.04. The highest BCUT2D eigenvalue weighted by Crippen LogP contribution is 2.32. The second kappa shape index (κ2) is 5.66. The van der Waals surface area contributed by atoms with Crippen LogP contribution in [0, 0.1) is 18.8 Å². The van der Waals surface area contributed by atoms with E-state index in [9.17, 15) is 8.42 Å². The molecule has 1 aromatic carbocycles. The smallest absolute Gasteiger partial charge is 0.243 e. The minimum atomic E-state index is -3.44. The van der Waals surface area contributed by atoms with Crippen LogP contribution in [0.1, 0.15) is 25.8 Å². The van der Waals surface area contributed by atoms with Crippen molar-refractivity contribution in [2.24, 2.45) is 11.8 Å². The number of nitrogens with two attached hydrogens (primary N) is 1. The van der Waals surface area contributed by atoms with Crippen molar-refractivity contribution in [2.75, 3.05) is 18.8 Å². The van der Waals surface area contributed by atoms with Crippen LogP contribution in [0.4, 0.5) is 5.69 Å². The van der Waals surface area contributed by atoms with Gasteiger partial charge in [-0.25, -0.2) is 8.42 Å². The van der Waals surface area contributed by atoms with Crippen LogP contribution in [0.25, 0.3) is 0 Å². The summed E-state index contributed by atoms with van der Waals surface area (Å²) in [6.45, 7) is 7.29. The summed E-state index contributed by atoms with van der Waals surface area (Å²) >= 11 is 3.33. The fourth-order valence-electron chi connectivity index (χ4n) is 2.60. The predicted octanol–water partition coefficient (Wildman–Crippen LogP) is 3.01. The lowest BCUT2D eigenvalue weighted by Crippen LogP contribution is -2.30. The molecule has 0 amide bonds. The highest BCUT2D eigenvalue weighted by Gasteiger charge is 2.34. The summed E-state index contributed by atoms with van der Waals surface area (Å²) in [5.41, 5.74) is 7.00. The molecule has 2 N–H and O–H groups in total. The Labute approximate surface area is 129 Å². The summed E-state index contributed by atoms with van der Waals surface area (Å²) in [6, 6.07) is 3.32. The molecule has 1 heterocycles. The molecule has 0 radical (unpaired) electrons. The lowest BCUT2D eigenvalue weighted by atomic mass is 9.96. The monoisotopic (exact) mass is 360 g/mol. The molecular weight excluding hydrogens is 340 g/mol. The van der Waals surface area contributed by atoms with Crippen LogP contribution in [0.5, 0.6) is 0 Å². The Hall–Kier alpha value is -0.590. The number of hydrogen-bond donors (Lipinski definition) is 1. The van der Waals surface area contributed by atoms with Gasteiger partial charge in [-0.3, -0.25) is 0 Å². The number of aryl methyl sites for hydroxylation is 1. The van der Waals surface area contributed by atoms with E-state index in [1.807, 2.05) is 0 Å². The van der Waals surface area contributed by atoms with E-state index in [0.29, 0.717) is 35.5 Å². The van der Waals surface area contributed by atoms with Gasteiger partial charge in [0.15, 0.2) is 0 Å². The number of anilines is 1. The zero-order chi connectivity index (χ0) is 15.1. The van der Waals surface area contributed by atoms with Crippen molar-refractivity contribution < 1.29 is 8.42 Å². The number of benzene rings is 1. The van der Waals surface area contributed by atoms with E-state index in [1.165, 1.54) is 0 Å². The number of rotatable bonds is 3. The summed E-state index contributed by atoms with van der Waals surface area (Å²) in [5, 5.41) is 0. The first-order valence-electron chi connectivity index (χ1n) is 6.79. The zero-order valence-corrected chi connectivity index (χ0v) is 14.5. The molecule has 1 atom stereocenters. The van der Waals surface area contributed by atoms with E-state index in [0.717, 1.165) is 16.5 Å². The van der Waals surface area contributed by atoms with Crippen molar-refractivity contribution in [3.05, 3.63) is 22.2 Å². The van der Waals surface area contributed by atoms with Crippen LogP contribution in [-0.4, -0.2) is 25.8 Å². The molecule has 1 aromatic rings. The van der Waals surface area contributed by atoms with Gasteiger partial charge >= 0.3 is 0 Å². The number of nitrogens with zero attached hydrogens (tertiary/aromatic N) is 1. The number of nitrogen functional groups attached to an aromatic ring is 1. The van der Waals surface area contributed by atoms with Crippen LogP contribution < -0.4 is 5.73 Å². The second-order valence-electron chi connectivity index (χ2n) is 5.80. The van der Waals surface area contributed by atoms with E-state index in [-0.39, 0.29) is 0 Å². The average Bonchev–Trinajstić information content (AvgIpc) is 2.83. The van der Waals surface area contributed by atoms with Gasteiger partial charge in [-0.05, 0) is 58.8 Å². The maximum atomic E-state index is 12.7. The molecular formula is C14H21BrN2O2S. The Morgan fingerprint density at radius 2 is 2.05 bits per heavy atom. The number of halogens is 1. The summed E-state index contributed by atoms with van der Waals surface area (Å²) in [5.74, 6) is 0.948. The van der Waals surface area contributed by atoms with Crippen molar-refractivity contribution in [1.29, 1.82) is 0 Å². The van der Waals surface area contributed by atoms with Crippen LogP contribution in [0.2, 0.25) is 0 Å².